The van der Waals surface area contributed by atoms with Crippen LogP contribution in [0.15, 0.2) is 24.3 Å². The van der Waals surface area contributed by atoms with E-state index >= 15 is 0 Å². The van der Waals surface area contributed by atoms with Crippen molar-refractivity contribution in [2.75, 3.05) is 46.1 Å². The first-order valence-electron chi connectivity index (χ1n) is 9.50. The number of rotatable bonds is 6. The molecule has 0 N–H and O–H groups in total. The van der Waals surface area contributed by atoms with Crippen LogP contribution in [-0.2, 0) is 20.8 Å². The zero-order chi connectivity index (χ0) is 17.1. The monoisotopic (exact) mass is 349 g/mol. The van der Waals surface area contributed by atoms with Gasteiger partial charge in [-0.2, -0.15) is 0 Å². The number of hydrogen-bond donors (Lipinski definition) is 0. The number of benzene rings is 1. The van der Waals surface area contributed by atoms with Crippen molar-refractivity contribution in [3.8, 4) is 0 Å². The topological polar surface area (TPSA) is 30.9 Å². The molecule has 1 aromatic carbocycles. The van der Waals surface area contributed by atoms with Crippen molar-refractivity contribution in [3.63, 3.8) is 0 Å². The summed E-state index contributed by atoms with van der Waals surface area (Å²) in [5.74, 6) is 0.988. The Morgan fingerprint density at radius 2 is 1.88 bits per heavy atom. The van der Waals surface area contributed by atoms with Crippen LogP contribution in [0, 0.1) is 17.7 Å². The van der Waals surface area contributed by atoms with E-state index in [4.69, 9.17) is 14.2 Å². The van der Waals surface area contributed by atoms with Crippen molar-refractivity contribution in [1.82, 2.24) is 4.90 Å². The smallest absolute Gasteiger partial charge is 0.127 e. The van der Waals surface area contributed by atoms with E-state index in [1.807, 2.05) is 12.1 Å². The number of nitrogens with zero attached hydrogens (tertiary/aromatic N) is 1. The molecule has 3 heterocycles. The van der Waals surface area contributed by atoms with Crippen LogP contribution in [0.1, 0.15) is 24.8 Å². The van der Waals surface area contributed by atoms with Crippen LogP contribution in [0.2, 0.25) is 0 Å². The lowest BCUT2D eigenvalue weighted by Gasteiger charge is -2.50. The van der Waals surface area contributed by atoms with Gasteiger partial charge in [-0.15, -0.1) is 0 Å². The van der Waals surface area contributed by atoms with Gasteiger partial charge in [0.25, 0.3) is 0 Å². The number of hydrogen-bond acceptors (Lipinski definition) is 4. The zero-order valence-electron chi connectivity index (χ0n) is 14.8. The molecule has 5 heteroatoms. The van der Waals surface area contributed by atoms with Crippen molar-refractivity contribution in [1.29, 1.82) is 0 Å². The molecule has 3 aliphatic rings. The van der Waals surface area contributed by atoms with E-state index in [1.165, 1.54) is 6.07 Å². The minimum atomic E-state index is -0.118. The first-order valence-corrected chi connectivity index (χ1v) is 9.50. The Hall–Kier alpha value is -1.01. The van der Waals surface area contributed by atoms with Gasteiger partial charge in [0.1, 0.15) is 5.82 Å². The summed E-state index contributed by atoms with van der Waals surface area (Å²) in [6, 6.07) is 7.03. The van der Waals surface area contributed by atoms with Gasteiger partial charge in [0.2, 0.25) is 0 Å². The summed E-state index contributed by atoms with van der Waals surface area (Å²) in [5.41, 5.74) is 0.698. The molecule has 4 rings (SSSR count). The molecule has 0 bridgehead atoms. The highest BCUT2D eigenvalue weighted by atomic mass is 19.1. The molecule has 1 unspecified atom stereocenters. The summed E-state index contributed by atoms with van der Waals surface area (Å²) in [5, 5.41) is 0. The molecule has 0 radical (unpaired) electrons. The summed E-state index contributed by atoms with van der Waals surface area (Å²) in [4.78, 5) is 2.27. The standard InChI is InChI=1S/C20H28FNO3/c21-19-4-2-1-3-17(19)11-22-14-20(15-22)18(7-10-25-20)13-24-12-16-5-8-23-9-6-16/h1-4,16,18H,5-15H2. The predicted molar refractivity (Wildman–Crippen MR) is 92.8 cm³/mol. The molecule has 1 atom stereocenters. The fourth-order valence-corrected chi connectivity index (χ4v) is 4.35. The molecule has 3 fully saturated rings. The largest absolute Gasteiger partial charge is 0.381 e. The minimum absolute atomic E-state index is 0.0685. The number of ether oxygens (including phenoxy) is 3. The Morgan fingerprint density at radius 3 is 2.68 bits per heavy atom. The van der Waals surface area contributed by atoms with E-state index in [0.717, 1.165) is 70.9 Å². The quantitative estimate of drug-likeness (QED) is 0.790. The summed E-state index contributed by atoms with van der Waals surface area (Å²) < 4.78 is 31.4. The molecule has 3 aliphatic heterocycles. The molecule has 0 saturated carbocycles. The third kappa shape index (κ3) is 3.90. The maximum absolute atomic E-state index is 13.8. The second kappa shape index (κ2) is 7.70. The number of halogens is 1. The van der Waals surface area contributed by atoms with Crippen LogP contribution in [0.3, 0.4) is 0 Å². The van der Waals surface area contributed by atoms with E-state index in [9.17, 15) is 4.39 Å². The van der Waals surface area contributed by atoms with Crippen molar-refractivity contribution >= 4 is 0 Å². The second-order valence-corrected chi connectivity index (χ2v) is 7.73. The van der Waals surface area contributed by atoms with E-state index in [-0.39, 0.29) is 11.4 Å². The summed E-state index contributed by atoms with van der Waals surface area (Å²) in [6.07, 6.45) is 3.30. The van der Waals surface area contributed by atoms with E-state index in [2.05, 4.69) is 4.90 Å². The van der Waals surface area contributed by atoms with Gasteiger partial charge in [0, 0.05) is 57.5 Å². The molecule has 0 aliphatic carbocycles. The van der Waals surface area contributed by atoms with Crippen LogP contribution in [-0.4, -0.2) is 56.6 Å². The molecule has 4 nitrogen and oxygen atoms in total. The Morgan fingerprint density at radius 1 is 1.08 bits per heavy atom. The maximum Gasteiger partial charge on any atom is 0.127 e. The maximum atomic E-state index is 13.8. The molecule has 3 saturated heterocycles. The molecule has 138 valence electrons. The van der Waals surface area contributed by atoms with E-state index < -0.39 is 0 Å². The summed E-state index contributed by atoms with van der Waals surface area (Å²) >= 11 is 0. The fraction of sp³-hybridized carbons (Fsp3) is 0.700. The number of likely N-dealkylation sites (tertiary alicyclic amines) is 1. The Balaban J connectivity index is 1.24. The molecule has 0 amide bonds. The van der Waals surface area contributed by atoms with Gasteiger partial charge in [-0.05, 0) is 31.2 Å². The van der Waals surface area contributed by atoms with E-state index in [1.54, 1.807) is 6.07 Å². The average Bonchev–Trinajstić information content (AvgIpc) is 3.01. The lowest BCUT2D eigenvalue weighted by molar-refractivity contribution is -0.147. The Bertz CT molecular complexity index is 570. The van der Waals surface area contributed by atoms with Gasteiger partial charge < -0.3 is 14.2 Å². The first kappa shape index (κ1) is 17.4. The van der Waals surface area contributed by atoms with Gasteiger partial charge >= 0.3 is 0 Å². The van der Waals surface area contributed by atoms with Crippen LogP contribution in [0.25, 0.3) is 0 Å². The van der Waals surface area contributed by atoms with Crippen LogP contribution in [0.4, 0.5) is 4.39 Å². The lowest BCUT2D eigenvalue weighted by Crippen LogP contribution is -2.64. The van der Waals surface area contributed by atoms with Crippen LogP contribution < -0.4 is 0 Å². The molecule has 1 aromatic rings. The molecule has 0 aromatic heterocycles. The third-order valence-electron chi connectivity index (χ3n) is 5.95. The molecular weight excluding hydrogens is 321 g/mol. The van der Waals surface area contributed by atoms with Gasteiger partial charge in [0.05, 0.1) is 12.2 Å². The summed E-state index contributed by atoms with van der Waals surface area (Å²) in [7, 11) is 0. The molecular formula is C20H28FNO3. The Kier molecular flexibility index (Phi) is 5.36. The average molecular weight is 349 g/mol. The Labute approximate surface area is 149 Å². The normalized spacial score (nSPS) is 26.8. The van der Waals surface area contributed by atoms with Gasteiger partial charge in [-0.1, -0.05) is 18.2 Å². The highest BCUT2D eigenvalue weighted by molar-refractivity contribution is 5.18. The van der Waals surface area contributed by atoms with Crippen molar-refractivity contribution in [2.24, 2.45) is 11.8 Å². The summed E-state index contributed by atoms with van der Waals surface area (Å²) in [6.45, 7) is 6.61. The van der Waals surface area contributed by atoms with Gasteiger partial charge in [-0.3, -0.25) is 4.90 Å². The minimum Gasteiger partial charge on any atom is -0.381 e. The fourth-order valence-electron chi connectivity index (χ4n) is 4.35. The second-order valence-electron chi connectivity index (χ2n) is 7.73. The first-order chi connectivity index (χ1) is 12.3. The lowest BCUT2D eigenvalue weighted by atomic mass is 9.81. The van der Waals surface area contributed by atoms with Crippen molar-refractivity contribution < 1.29 is 18.6 Å². The molecule has 1 spiro atoms. The van der Waals surface area contributed by atoms with E-state index in [0.29, 0.717) is 18.4 Å². The predicted octanol–water partition coefficient (Wildman–Crippen LogP) is 2.86. The van der Waals surface area contributed by atoms with Gasteiger partial charge in [0.15, 0.2) is 0 Å². The highest BCUT2D eigenvalue weighted by Crippen LogP contribution is 2.40. The highest BCUT2D eigenvalue weighted by Gasteiger charge is 2.52. The van der Waals surface area contributed by atoms with Crippen molar-refractivity contribution in [2.45, 2.75) is 31.4 Å². The third-order valence-corrected chi connectivity index (χ3v) is 5.95. The zero-order valence-corrected chi connectivity index (χ0v) is 14.8. The molecule has 25 heavy (non-hydrogen) atoms. The SMILES string of the molecule is Fc1ccccc1CN1CC2(C1)OCCC2COCC1CCOCC1. The van der Waals surface area contributed by atoms with Crippen LogP contribution >= 0.6 is 0 Å². The van der Waals surface area contributed by atoms with Gasteiger partial charge in [-0.25, -0.2) is 4.39 Å². The van der Waals surface area contributed by atoms with Crippen molar-refractivity contribution in [3.05, 3.63) is 35.6 Å². The van der Waals surface area contributed by atoms with Crippen LogP contribution in [0.5, 0.6) is 0 Å².